The van der Waals surface area contributed by atoms with Crippen molar-refractivity contribution in [2.45, 2.75) is 57.7 Å². The van der Waals surface area contributed by atoms with Gasteiger partial charge >= 0.3 is 0 Å². The molecule has 0 spiro atoms. The molecule has 0 radical (unpaired) electrons. The molecule has 1 amide bonds. The van der Waals surface area contributed by atoms with Gasteiger partial charge < -0.3 is 10.1 Å². The van der Waals surface area contributed by atoms with Crippen molar-refractivity contribution in [3.05, 3.63) is 46.1 Å². The lowest BCUT2D eigenvalue weighted by molar-refractivity contribution is -0.118. The highest BCUT2D eigenvalue weighted by molar-refractivity contribution is 7.99. The normalized spacial score (nSPS) is 15.7. The van der Waals surface area contributed by atoms with Crippen LogP contribution in [-0.4, -0.2) is 38.4 Å². The van der Waals surface area contributed by atoms with Gasteiger partial charge in [0.05, 0.1) is 18.2 Å². The molecule has 1 aromatic carbocycles. The molecular weight excluding hydrogens is 466 g/mol. The number of aromatic nitrogens is 4. The van der Waals surface area contributed by atoms with Crippen LogP contribution in [0.15, 0.2) is 29.4 Å². The first-order chi connectivity index (χ1) is 16.4. The monoisotopic (exact) mass is 495 g/mol. The van der Waals surface area contributed by atoms with Crippen LogP contribution >= 0.6 is 23.1 Å². The van der Waals surface area contributed by atoms with E-state index in [0.717, 1.165) is 51.0 Å². The number of ether oxygens (including phenoxy) is 1. The average Bonchev–Trinajstić information content (AvgIpc) is 3.41. The van der Waals surface area contributed by atoms with Crippen molar-refractivity contribution in [2.75, 3.05) is 12.9 Å². The zero-order valence-corrected chi connectivity index (χ0v) is 21.6. The van der Waals surface area contributed by atoms with Crippen molar-refractivity contribution < 1.29 is 9.53 Å². The Labute approximate surface area is 207 Å². The fourth-order valence-electron chi connectivity index (χ4n) is 4.44. The number of thioether (sulfide) groups is 1. The Hall–Kier alpha value is -2.65. The van der Waals surface area contributed by atoms with Gasteiger partial charge in [-0.1, -0.05) is 44.7 Å². The van der Waals surface area contributed by atoms with Gasteiger partial charge in [-0.3, -0.25) is 9.20 Å². The van der Waals surface area contributed by atoms with Crippen LogP contribution < -0.4 is 10.1 Å². The lowest BCUT2D eigenvalue weighted by atomic mass is 9.89. The van der Waals surface area contributed by atoms with E-state index in [1.807, 2.05) is 35.6 Å². The molecule has 7 nitrogen and oxygen atoms in total. The van der Waals surface area contributed by atoms with Crippen molar-refractivity contribution in [3.8, 4) is 5.75 Å². The number of hydrogen-bond acceptors (Lipinski definition) is 7. The van der Waals surface area contributed by atoms with E-state index in [1.165, 1.54) is 28.6 Å². The molecule has 0 unspecified atom stereocenters. The molecule has 5 rings (SSSR count). The van der Waals surface area contributed by atoms with Crippen LogP contribution in [0.1, 0.15) is 54.9 Å². The number of fused-ring (bicyclic) bond motifs is 5. The minimum atomic E-state index is -0.0420. The number of thiophene rings is 1. The predicted molar refractivity (Wildman–Crippen MR) is 137 cm³/mol. The van der Waals surface area contributed by atoms with Gasteiger partial charge in [0, 0.05) is 17.3 Å². The maximum atomic E-state index is 12.6. The first kappa shape index (κ1) is 23.1. The number of nitrogens with zero attached hydrogens (tertiary/aromatic N) is 4. The molecule has 1 N–H and O–H groups in total. The van der Waals surface area contributed by atoms with E-state index in [9.17, 15) is 4.79 Å². The minimum Gasteiger partial charge on any atom is -0.497 e. The third kappa shape index (κ3) is 4.38. The average molecular weight is 496 g/mol. The van der Waals surface area contributed by atoms with Gasteiger partial charge in [-0.05, 0) is 48.4 Å². The van der Waals surface area contributed by atoms with Crippen LogP contribution in [0.2, 0.25) is 0 Å². The molecule has 1 atom stereocenters. The molecule has 0 saturated carbocycles. The number of hydrogen-bond donors (Lipinski definition) is 1. The fraction of sp³-hybridized carbons (Fsp3) is 0.440. The van der Waals surface area contributed by atoms with E-state index in [4.69, 9.17) is 9.72 Å². The molecule has 3 aromatic heterocycles. The number of carbonyl (C=O) groups excluding carboxylic acids is 1. The van der Waals surface area contributed by atoms with Gasteiger partial charge in [0.2, 0.25) is 5.91 Å². The van der Waals surface area contributed by atoms with Gasteiger partial charge in [0.15, 0.2) is 10.8 Å². The highest BCUT2D eigenvalue weighted by Crippen LogP contribution is 2.40. The maximum absolute atomic E-state index is 12.6. The molecule has 0 aliphatic heterocycles. The van der Waals surface area contributed by atoms with Gasteiger partial charge in [-0.2, -0.15) is 0 Å². The Morgan fingerprint density at radius 2 is 2.09 bits per heavy atom. The van der Waals surface area contributed by atoms with Crippen LogP contribution in [0.25, 0.3) is 15.9 Å². The Balaban J connectivity index is 1.38. The molecule has 9 heteroatoms. The van der Waals surface area contributed by atoms with E-state index < -0.39 is 0 Å². The lowest BCUT2D eigenvalue weighted by Gasteiger charge is -2.17. The zero-order chi connectivity index (χ0) is 23.8. The Kier molecular flexibility index (Phi) is 6.48. The number of aryl methyl sites for hydroxylation is 1. The van der Waals surface area contributed by atoms with Crippen molar-refractivity contribution in [3.63, 3.8) is 0 Å². The quantitative estimate of drug-likeness (QED) is 0.363. The highest BCUT2D eigenvalue weighted by atomic mass is 32.2. The van der Waals surface area contributed by atoms with Gasteiger partial charge in [-0.25, -0.2) is 4.98 Å². The number of rotatable bonds is 7. The molecule has 4 aromatic rings. The smallest absolute Gasteiger partial charge is 0.230 e. The fourth-order valence-corrected chi connectivity index (χ4v) is 6.60. The van der Waals surface area contributed by atoms with Gasteiger partial charge in [-0.15, -0.1) is 21.5 Å². The summed E-state index contributed by atoms with van der Waals surface area (Å²) in [5, 5.41) is 13.9. The summed E-state index contributed by atoms with van der Waals surface area (Å²) in [7, 11) is 1.64. The SMILES string of the molecule is COc1ccc(CNC(=O)CSc2nnc3c4c5c(sc4nc(C(C)C)n23)C[C@@H](C)CC5)cc1. The van der Waals surface area contributed by atoms with E-state index in [0.29, 0.717) is 12.5 Å². The summed E-state index contributed by atoms with van der Waals surface area (Å²) in [6.45, 7) is 7.07. The Morgan fingerprint density at radius 1 is 1.29 bits per heavy atom. The second-order valence-corrected chi connectivity index (χ2v) is 11.2. The molecule has 0 saturated heterocycles. The summed E-state index contributed by atoms with van der Waals surface area (Å²) in [6, 6.07) is 7.69. The second kappa shape index (κ2) is 9.54. The number of benzene rings is 1. The second-order valence-electron chi connectivity index (χ2n) is 9.21. The topological polar surface area (TPSA) is 81.4 Å². The number of methoxy groups -OCH3 is 1. The Bertz CT molecular complexity index is 1340. The first-order valence-corrected chi connectivity index (χ1v) is 13.5. The molecule has 0 bridgehead atoms. The third-order valence-electron chi connectivity index (χ3n) is 6.29. The molecule has 1 aliphatic carbocycles. The molecule has 3 heterocycles. The standard InChI is InChI=1S/C25H29N5O2S2/c1-14(2)22-27-24-21(18-10-5-15(3)11-19(18)34-24)23-28-29-25(30(22)23)33-13-20(31)26-12-16-6-8-17(32-4)9-7-16/h6-9,14-15H,5,10-13H2,1-4H3,(H,26,31)/t15-/m0/s1. The van der Waals surface area contributed by atoms with Crippen LogP contribution in [0.3, 0.4) is 0 Å². The zero-order valence-electron chi connectivity index (χ0n) is 19.9. The summed E-state index contributed by atoms with van der Waals surface area (Å²) < 4.78 is 7.25. The molecule has 178 valence electrons. The van der Waals surface area contributed by atoms with Crippen molar-refractivity contribution >= 4 is 44.9 Å². The van der Waals surface area contributed by atoms with Crippen molar-refractivity contribution in [2.24, 2.45) is 5.92 Å². The number of carbonyl (C=O) groups is 1. The largest absolute Gasteiger partial charge is 0.497 e. The van der Waals surface area contributed by atoms with Crippen molar-refractivity contribution in [1.29, 1.82) is 0 Å². The molecule has 34 heavy (non-hydrogen) atoms. The van der Waals surface area contributed by atoms with E-state index in [1.54, 1.807) is 7.11 Å². The molecular formula is C25H29N5O2S2. The van der Waals surface area contributed by atoms with Crippen LogP contribution in [0, 0.1) is 5.92 Å². The summed E-state index contributed by atoms with van der Waals surface area (Å²) >= 11 is 3.22. The van der Waals surface area contributed by atoms with Gasteiger partial charge in [0.25, 0.3) is 0 Å². The Morgan fingerprint density at radius 3 is 2.82 bits per heavy atom. The maximum Gasteiger partial charge on any atom is 0.230 e. The summed E-state index contributed by atoms with van der Waals surface area (Å²) in [4.78, 5) is 20.1. The highest BCUT2D eigenvalue weighted by Gasteiger charge is 2.26. The molecule has 0 fully saturated rings. The van der Waals surface area contributed by atoms with E-state index in [2.05, 4.69) is 40.7 Å². The molecule has 1 aliphatic rings. The summed E-state index contributed by atoms with van der Waals surface area (Å²) in [5.41, 5.74) is 3.30. The van der Waals surface area contributed by atoms with E-state index >= 15 is 0 Å². The minimum absolute atomic E-state index is 0.0420. The van der Waals surface area contributed by atoms with Crippen LogP contribution in [0.5, 0.6) is 5.75 Å². The number of nitrogens with one attached hydrogen (secondary N) is 1. The lowest BCUT2D eigenvalue weighted by Crippen LogP contribution is -2.24. The van der Waals surface area contributed by atoms with Gasteiger partial charge in [0.1, 0.15) is 16.4 Å². The van der Waals surface area contributed by atoms with Crippen molar-refractivity contribution in [1.82, 2.24) is 24.9 Å². The predicted octanol–water partition coefficient (Wildman–Crippen LogP) is 5.00. The third-order valence-corrected chi connectivity index (χ3v) is 8.37. The first-order valence-electron chi connectivity index (χ1n) is 11.7. The summed E-state index contributed by atoms with van der Waals surface area (Å²) in [6.07, 6.45) is 3.38. The summed E-state index contributed by atoms with van der Waals surface area (Å²) in [5.74, 6) is 2.89. The van der Waals surface area contributed by atoms with Crippen LogP contribution in [0.4, 0.5) is 0 Å². The van der Waals surface area contributed by atoms with Crippen LogP contribution in [-0.2, 0) is 24.2 Å². The number of amides is 1. The van der Waals surface area contributed by atoms with E-state index in [-0.39, 0.29) is 17.6 Å².